The standard InChI is InChI=1S/C41H64N4O7S/c1-8-19-45(40(49)32(27(6)10-3)23-36(47)33-13-11-12-18-42-33)35(26(4)5)24-37(52-20-9-2)39-44-34(25-53-39)38(48)43-30(21-28(7)41(50)51)22-29-14-16-31(46)17-15-29/h14-17,25-28,30,32-33,35,37,42,46H,8-13,18-24H2,1-7H3,(H,43,48)(H,50,51)/t27-,28-,30+,32-,33+,35+,37+/m0/s1. The van der Waals surface area contributed by atoms with E-state index in [1.165, 1.54) is 11.3 Å². The lowest BCUT2D eigenvalue weighted by molar-refractivity contribution is -0.144. The van der Waals surface area contributed by atoms with E-state index in [-0.39, 0.29) is 59.9 Å². The van der Waals surface area contributed by atoms with Crippen molar-refractivity contribution in [3.05, 3.63) is 45.9 Å². The molecule has 0 saturated carbocycles. The van der Waals surface area contributed by atoms with Gasteiger partial charge in [-0.05, 0) is 74.6 Å². The lowest BCUT2D eigenvalue weighted by Gasteiger charge is -2.39. The second kappa shape index (κ2) is 22.1. The summed E-state index contributed by atoms with van der Waals surface area (Å²) < 4.78 is 6.41. The highest BCUT2D eigenvalue weighted by atomic mass is 32.1. The molecule has 2 heterocycles. The van der Waals surface area contributed by atoms with E-state index in [0.717, 1.165) is 50.6 Å². The molecule has 12 heteroatoms. The number of hydrogen-bond donors (Lipinski definition) is 4. The molecule has 296 valence electrons. The van der Waals surface area contributed by atoms with E-state index < -0.39 is 35.9 Å². The molecule has 1 aliphatic rings. The van der Waals surface area contributed by atoms with Crippen LogP contribution in [0.5, 0.6) is 5.75 Å². The molecule has 1 aromatic heterocycles. The number of carbonyl (C=O) groups excluding carboxylic acids is 3. The number of Topliss-reactive ketones (excluding diaryl/α,β-unsaturated/α-hetero) is 1. The quantitative estimate of drug-likeness (QED) is 0.0922. The molecule has 0 aliphatic carbocycles. The Hall–Kier alpha value is -3.35. The lowest BCUT2D eigenvalue weighted by Crippen LogP contribution is -2.50. The third-order valence-electron chi connectivity index (χ3n) is 10.5. The molecule has 0 spiro atoms. The predicted molar refractivity (Wildman–Crippen MR) is 209 cm³/mol. The zero-order chi connectivity index (χ0) is 39.1. The van der Waals surface area contributed by atoms with Gasteiger partial charge >= 0.3 is 5.97 Å². The van der Waals surface area contributed by atoms with E-state index in [1.54, 1.807) is 36.6 Å². The van der Waals surface area contributed by atoms with E-state index in [9.17, 15) is 29.4 Å². The predicted octanol–water partition coefficient (Wildman–Crippen LogP) is 7.19. The molecule has 1 fully saturated rings. The average Bonchev–Trinajstić information content (AvgIpc) is 3.64. The number of aromatic nitrogens is 1. The van der Waals surface area contributed by atoms with E-state index >= 15 is 0 Å². The molecule has 1 aromatic carbocycles. The van der Waals surface area contributed by atoms with E-state index in [1.807, 2.05) is 11.8 Å². The Morgan fingerprint density at radius 2 is 1.75 bits per heavy atom. The van der Waals surface area contributed by atoms with Gasteiger partial charge in [-0.15, -0.1) is 11.3 Å². The van der Waals surface area contributed by atoms with Crippen molar-refractivity contribution in [3.8, 4) is 5.75 Å². The second-order valence-electron chi connectivity index (χ2n) is 15.2. The third-order valence-corrected chi connectivity index (χ3v) is 11.4. The van der Waals surface area contributed by atoms with Crippen molar-refractivity contribution in [3.63, 3.8) is 0 Å². The largest absolute Gasteiger partial charge is 0.508 e. The number of carbonyl (C=O) groups is 4. The topological polar surface area (TPSA) is 158 Å². The lowest BCUT2D eigenvalue weighted by atomic mass is 9.83. The summed E-state index contributed by atoms with van der Waals surface area (Å²) in [7, 11) is 0. The number of rotatable bonds is 23. The van der Waals surface area contributed by atoms with Gasteiger partial charge in [0.05, 0.1) is 12.0 Å². The molecule has 1 aliphatic heterocycles. The van der Waals surface area contributed by atoms with Crippen LogP contribution >= 0.6 is 11.3 Å². The zero-order valence-electron chi connectivity index (χ0n) is 32.9. The maximum absolute atomic E-state index is 14.6. The summed E-state index contributed by atoms with van der Waals surface area (Å²) in [5, 5.41) is 28.0. The van der Waals surface area contributed by atoms with Gasteiger partial charge in [0.2, 0.25) is 5.91 Å². The van der Waals surface area contributed by atoms with Crippen LogP contribution < -0.4 is 10.6 Å². The van der Waals surface area contributed by atoms with Crippen LogP contribution in [0.25, 0.3) is 0 Å². The molecule has 2 aromatic rings. The number of ether oxygens (including phenoxy) is 1. The summed E-state index contributed by atoms with van der Waals surface area (Å²) in [5.41, 5.74) is 1.08. The number of aliphatic carboxylic acids is 1. The zero-order valence-corrected chi connectivity index (χ0v) is 33.8. The Kier molecular flexibility index (Phi) is 18.4. The maximum atomic E-state index is 14.6. The van der Waals surface area contributed by atoms with Crippen LogP contribution in [0.1, 0.15) is 133 Å². The Morgan fingerprint density at radius 3 is 2.34 bits per heavy atom. The fraction of sp³-hybridized carbons (Fsp3) is 0.683. The number of nitrogens with zero attached hydrogens (tertiary/aromatic N) is 2. The number of amides is 2. The Balaban J connectivity index is 1.85. The van der Waals surface area contributed by atoms with Crippen LogP contribution in [0.4, 0.5) is 0 Å². The van der Waals surface area contributed by atoms with Crippen LogP contribution in [-0.4, -0.2) is 81.5 Å². The number of phenolic OH excluding ortho intramolecular Hbond substituents is 1. The minimum atomic E-state index is -0.944. The van der Waals surface area contributed by atoms with Gasteiger partial charge in [0.15, 0.2) is 5.78 Å². The van der Waals surface area contributed by atoms with Crippen molar-refractivity contribution in [1.82, 2.24) is 20.5 Å². The van der Waals surface area contributed by atoms with Crippen molar-refractivity contribution < 1.29 is 34.1 Å². The van der Waals surface area contributed by atoms with Crippen molar-refractivity contribution in [1.29, 1.82) is 0 Å². The van der Waals surface area contributed by atoms with Gasteiger partial charge in [0, 0.05) is 49.4 Å². The fourth-order valence-corrected chi connectivity index (χ4v) is 7.97. The highest BCUT2D eigenvalue weighted by molar-refractivity contribution is 7.09. The molecule has 53 heavy (non-hydrogen) atoms. The molecule has 0 bridgehead atoms. The molecular weight excluding hydrogens is 693 g/mol. The number of nitrogens with one attached hydrogen (secondary N) is 2. The first-order chi connectivity index (χ1) is 25.3. The summed E-state index contributed by atoms with van der Waals surface area (Å²) >= 11 is 1.34. The first kappa shape index (κ1) is 44.0. The summed E-state index contributed by atoms with van der Waals surface area (Å²) in [6.45, 7) is 16.0. The number of carboxylic acid groups (broad SMARTS) is 1. The van der Waals surface area contributed by atoms with Gasteiger partial charge < -0.3 is 30.5 Å². The second-order valence-corrected chi connectivity index (χ2v) is 16.1. The van der Waals surface area contributed by atoms with Crippen molar-refractivity contribution >= 4 is 34.9 Å². The van der Waals surface area contributed by atoms with E-state index in [4.69, 9.17) is 9.72 Å². The smallest absolute Gasteiger partial charge is 0.306 e. The average molecular weight is 757 g/mol. The highest BCUT2D eigenvalue weighted by Gasteiger charge is 2.38. The van der Waals surface area contributed by atoms with Gasteiger partial charge in [-0.3, -0.25) is 19.2 Å². The van der Waals surface area contributed by atoms with Gasteiger partial charge in [-0.25, -0.2) is 4.98 Å². The molecule has 4 N–H and O–H groups in total. The van der Waals surface area contributed by atoms with E-state index in [2.05, 4.69) is 45.3 Å². The SMILES string of the molecule is CCCO[C@H](C[C@H](C(C)C)N(CCC)C(=O)[C@@H](CC(=O)[C@H]1CCCCN1)[C@@H](C)CC)c1nc(C(=O)N[C@@H](Cc2ccc(O)cc2)C[C@H](C)C(=O)O)cs1. The number of carboxylic acids is 1. The van der Waals surface area contributed by atoms with Crippen molar-refractivity contribution in [2.45, 2.75) is 137 Å². The number of benzene rings is 1. The van der Waals surface area contributed by atoms with Gasteiger partial charge in [0.1, 0.15) is 22.6 Å². The van der Waals surface area contributed by atoms with Crippen LogP contribution in [-0.2, 0) is 25.5 Å². The molecular formula is C41H64N4O7S. The Bertz CT molecular complexity index is 1440. The van der Waals surface area contributed by atoms with E-state index in [0.29, 0.717) is 31.0 Å². The number of phenols is 1. The van der Waals surface area contributed by atoms with Crippen LogP contribution in [0, 0.1) is 23.7 Å². The van der Waals surface area contributed by atoms with Crippen LogP contribution in [0.3, 0.4) is 0 Å². The van der Waals surface area contributed by atoms with Crippen molar-refractivity contribution in [2.24, 2.45) is 23.7 Å². The monoisotopic (exact) mass is 756 g/mol. The molecule has 1 saturated heterocycles. The number of ketones is 1. The molecule has 0 unspecified atom stereocenters. The van der Waals surface area contributed by atoms with Gasteiger partial charge in [-0.2, -0.15) is 0 Å². The van der Waals surface area contributed by atoms with Gasteiger partial charge in [0.25, 0.3) is 5.91 Å². The van der Waals surface area contributed by atoms with Crippen molar-refractivity contribution in [2.75, 3.05) is 19.7 Å². The molecule has 11 nitrogen and oxygen atoms in total. The number of piperidine rings is 1. The Labute approximate surface area is 320 Å². The third kappa shape index (κ3) is 13.5. The Morgan fingerprint density at radius 1 is 1.04 bits per heavy atom. The molecule has 2 amide bonds. The van der Waals surface area contributed by atoms with Crippen LogP contribution in [0.15, 0.2) is 29.6 Å². The maximum Gasteiger partial charge on any atom is 0.306 e. The first-order valence-electron chi connectivity index (χ1n) is 19.7. The molecule has 7 atom stereocenters. The normalized spacial score (nSPS) is 18.1. The molecule has 3 rings (SSSR count). The molecule has 0 radical (unpaired) electrons. The highest BCUT2D eigenvalue weighted by Crippen LogP contribution is 2.33. The minimum Gasteiger partial charge on any atom is -0.508 e. The van der Waals surface area contributed by atoms with Gasteiger partial charge in [-0.1, -0.05) is 73.4 Å². The number of aromatic hydroxyl groups is 1. The first-order valence-corrected chi connectivity index (χ1v) is 20.6. The summed E-state index contributed by atoms with van der Waals surface area (Å²) in [5.74, 6) is -2.03. The minimum absolute atomic E-state index is 0.0211. The number of thiazole rings is 1. The van der Waals surface area contributed by atoms with Crippen LogP contribution in [0.2, 0.25) is 0 Å². The fourth-order valence-electron chi connectivity index (χ4n) is 7.11. The summed E-state index contributed by atoms with van der Waals surface area (Å²) in [6, 6.07) is 5.79. The summed E-state index contributed by atoms with van der Waals surface area (Å²) in [6.07, 6.45) is 6.13. The summed E-state index contributed by atoms with van der Waals surface area (Å²) in [4.78, 5) is 60.1. The number of hydrogen-bond acceptors (Lipinski definition) is 9.